The molecule has 8 heteroatoms. The van der Waals surface area contributed by atoms with Gasteiger partial charge in [-0.2, -0.15) is 5.10 Å². The molecule has 5 rings (SSSR count). The number of hydrogen-bond donors (Lipinski definition) is 1. The van der Waals surface area contributed by atoms with Crippen LogP contribution in [0.1, 0.15) is 30.5 Å². The number of carbonyl (C=O) groups excluding carboxylic acids is 1. The van der Waals surface area contributed by atoms with Crippen LogP contribution in [0.15, 0.2) is 73.9 Å². The van der Waals surface area contributed by atoms with Gasteiger partial charge in [-0.25, -0.2) is 5.01 Å². The minimum absolute atomic E-state index is 0.0186. The monoisotopic (exact) mass is 429 g/mol. The van der Waals surface area contributed by atoms with Crippen LogP contribution in [0.4, 0.5) is 0 Å². The zero-order valence-corrected chi connectivity index (χ0v) is 17.4. The Bertz CT molecular complexity index is 1560. The largest absolute Gasteiger partial charge is 0.506 e. The number of hydrazone groups is 1. The summed E-state index contributed by atoms with van der Waals surface area (Å²) in [5, 5.41) is 17.3. The molecule has 0 bridgehead atoms. The quantitative estimate of drug-likeness (QED) is 0.527. The van der Waals surface area contributed by atoms with Gasteiger partial charge in [0.1, 0.15) is 23.2 Å². The van der Waals surface area contributed by atoms with Crippen LogP contribution in [0, 0.1) is 0 Å². The summed E-state index contributed by atoms with van der Waals surface area (Å²) >= 11 is 0. The number of aromatic nitrogens is 1. The van der Waals surface area contributed by atoms with Gasteiger partial charge < -0.3 is 14.1 Å². The van der Waals surface area contributed by atoms with Crippen molar-refractivity contribution in [3.05, 3.63) is 86.5 Å². The van der Waals surface area contributed by atoms with Crippen LogP contribution in [0.2, 0.25) is 0 Å². The summed E-state index contributed by atoms with van der Waals surface area (Å²) in [5.74, 6) is -0.591. The van der Waals surface area contributed by atoms with Crippen molar-refractivity contribution in [2.24, 2.45) is 12.1 Å². The van der Waals surface area contributed by atoms with Crippen LogP contribution in [0.25, 0.3) is 21.9 Å². The highest BCUT2D eigenvalue weighted by Crippen LogP contribution is 2.35. The van der Waals surface area contributed by atoms with E-state index in [1.807, 2.05) is 0 Å². The Hall–Kier alpha value is -4.20. The molecule has 160 valence electrons. The number of nitrogens with zero attached hydrogens (tertiary/aromatic N) is 3. The smallest absolute Gasteiger partial charge is 0.263 e. The van der Waals surface area contributed by atoms with Gasteiger partial charge in [-0.1, -0.05) is 24.3 Å². The van der Waals surface area contributed by atoms with Crippen molar-refractivity contribution >= 4 is 33.5 Å². The number of pyridine rings is 1. The van der Waals surface area contributed by atoms with E-state index in [-0.39, 0.29) is 34.4 Å². The van der Waals surface area contributed by atoms with E-state index in [0.717, 1.165) is 0 Å². The average Bonchev–Trinajstić information content (AvgIpc) is 3.23. The Balaban J connectivity index is 1.68. The summed E-state index contributed by atoms with van der Waals surface area (Å²) in [5.41, 5.74) is 0.828. The molecule has 1 atom stereocenters. The zero-order valence-electron chi connectivity index (χ0n) is 17.4. The number of carbonyl (C=O) groups is 1. The van der Waals surface area contributed by atoms with E-state index in [9.17, 15) is 19.5 Å². The summed E-state index contributed by atoms with van der Waals surface area (Å²) in [4.78, 5) is 38.6. The Labute approximate surface area is 181 Å². The molecular formula is C24H19N3O5. The fourth-order valence-electron chi connectivity index (χ4n) is 4.26. The fraction of sp³-hybridized carbons (Fsp3) is 0.167. The third kappa shape index (κ3) is 2.84. The van der Waals surface area contributed by atoms with Crippen molar-refractivity contribution < 1.29 is 14.3 Å². The van der Waals surface area contributed by atoms with Crippen molar-refractivity contribution in [2.45, 2.75) is 19.4 Å². The summed E-state index contributed by atoms with van der Waals surface area (Å²) in [6, 6.07) is 13.1. The predicted molar refractivity (Wildman–Crippen MR) is 120 cm³/mol. The molecule has 4 aromatic rings. The lowest BCUT2D eigenvalue weighted by Gasteiger charge is -2.19. The van der Waals surface area contributed by atoms with Crippen LogP contribution < -0.4 is 11.0 Å². The maximum Gasteiger partial charge on any atom is 0.263 e. The lowest BCUT2D eigenvalue weighted by atomic mass is 9.97. The van der Waals surface area contributed by atoms with E-state index < -0.39 is 17.5 Å². The third-order valence-electron chi connectivity index (χ3n) is 5.86. The molecule has 3 heterocycles. The van der Waals surface area contributed by atoms with Gasteiger partial charge in [-0.3, -0.25) is 14.4 Å². The molecule has 1 aliphatic heterocycles. The molecule has 32 heavy (non-hydrogen) atoms. The molecule has 0 radical (unpaired) electrons. The fourth-order valence-corrected chi connectivity index (χ4v) is 4.26. The van der Waals surface area contributed by atoms with Crippen LogP contribution in [0.3, 0.4) is 0 Å². The Kier molecular flexibility index (Phi) is 4.44. The van der Waals surface area contributed by atoms with Gasteiger partial charge in [-0.05, 0) is 24.3 Å². The first kappa shape index (κ1) is 19.7. The first-order chi connectivity index (χ1) is 15.4. The summed E-state index contributed by atoms with van der Waals surface area (Å²) < 4.78 is 7.06. The second-order valence-electron chi connectivity index (χ2n) is 7.75. The molecule has 0 fully saturated rings. The second kappa shape index (κ2) is 7.19. The standard InChI is InChI=1S/C24H19N3O5/c1-13(28)27-19(16-12-32-20-10-6-4-8-15(20)22(16)29)11-17(25-27)21-23(30)14-7-3-5-9-18(14)26(2)24(21)31/h3-10,12,19,30H,11H2,1-2H3. The third-order valence-corrected chi connectivity index (χ3v) is 5.86. The lowest BCUT2D eigenvalue weighted by molar-refractivity contribution is -0.130. The molecular weight excluding hydrogens is 410 g/mol. The zero-order chi connectivity index (χ0) is 22.6. The number of hydrogen-bond acceptors (Lipinski definition) is 6. The van der Waals surface area contributed by atoms with E-state index in [2.05, 4.69) is 5.10 Å². The van der Waals surface area contributed by atoms with Gasteiger partial charge in [0.25, 0.3) is 5.56 Å². The molecule has 0 spiro atoms. The minimum atomic E-state index is -0.751. The molecule has 8 nitrogen and oxygen atoms in total. The van der Waals surface area contributed by atoms with Crippen LogP contribution in [0.5, 0.6) is 5.75 Å². The molecule has 1 amide bonds. The number of benzene rings is 2. The number of amides is 1. The Morgan fingerprint density at radius 2 is 1.78 bits per heavy atom. The van der Waals surface area contributed by atoms with Crippen LogP contribution in [-0.4, -0.2) is 26.3 Å². The van der Waals surface area contributed by atoms with Gasteiger partial charge in [0.05, 0.1) is 28.2 Å². The lowest BCUT2D eigenvalue weighted by Crippen LogP contribution is -2.28. The molecule has 1 aliphatic rings. The van der Waals surface area contributed by atoms with E-state index in [1.165, 1.54) is 22.8 Å². The van der Waals surface area contributed by atoms with Crippen LogP contribution >= 0.6 is 0 Å². The number of fused-ring (bicyclic) bond motifs is 2. The Morgan fingerprint density at radius 3 is 2.53 bits per heavy atom. The number of aryl methyl sites for hydroxylation is 1. The highest BCUT2D eigenvalue weighted by molar-refractivity contribution is 6.08. The van der Waals surface area contributed by atoms with Crippen molar-refractivity contribution in [3.8, 4) is 5.75 Å². The Morgan fingerprint density at radius 1 is 1.09 bits per heavy atom. The highest BCUT2D eigenvalue weighted by Gasteiger charge is 2.36. The number of rotatable bonds is 2. The second-order valence-corrected chi connectivity index (χ2v) is 7.75. The van der Waals surface area contributed by atoms with Crippen molar-refractivity contribution in [1.29, 1.82) is 0 Å². The molecule has 0 saturated carbocycles. The molecule has 1 unspecified atom stereocenters. The van der Waals surface area contributed by atoms with Crippen molar-refractivity contribution in [2.75, 3.05) is 0 Å². The first-order valence-electron chi connectivity index (χ1n) is 10.1. The summed E-state index contributed by atoms with van der Waals surface area (Å²) in [7, 11) is 1.61. The first-order valence-corrected chi connectivity index (χ1v) is 10.1. The molecule has 0 saturated heterocycles. The normalized spacial score (nSPS) is 16.0. The molecule has 1 N–H and O–H groups in total. The van der Waals surface area contributed by atoms with Crippen LogP contribution in [-0.2, 0) is 11.8 Å². The van der Waals surface area contributed by atoms with Gasteiger partial charge >= 0.3 is 0 Å². The highest BCUT2D eigenvalue weighted by atomic mass is 16.3. The summed E-state index contributed by atoms with van der Waals surface area (Å²) in [6.45, 7) is 1.33. The predicted octanol–water partition coefficient (Wildman–Crippen LogP) is 3.05. The van der Waals surface area contributed by atoms with Crippen molar-refractivity contribution in [1.82, 2.24) is 9.58 Å². The van der Waals surface area contributed by atoms with Crippen molar-refractivity contribution in [3.63, 3.8) is 0 Å². The van der Waals surface area contributed by atoms with Gasteiger partial charge in [0.15, 0.2) is 5.43 Å². The topological polar surface area (TPSA) is 105 Å². The molecule has 2 aromatic carbocycles. The molecule has 0 aliphatic carbocycles. The van der Waals surface area contributed by atoms with Gasteiger partial charge in [0, 0.05) is 25.8 Å². The SMILES string of the molecule is CC(=O)N1N=C(c2c(O)c3ccccc3n(C)c2=O)CC1c1coc2ccccc2c1=O. The minimum Gasteiger partial charge on any atom is -0.506 e. The number of para-hydroxylation sites is 2. The molecule has 2 aromatic heterocycles. The van der Waals surface area contributed by atoms with Gasteiger partial charge in [-0.15, -0.1) is 0 Å². The van der Waals surface area contributed by atoms with E-state index in [0.29, 0.717) is 21.9 Å². The maximum absolute atomic E-state index is 13.1. The van der Waals surface area contributed by atoms with E-state index in [1.54, 1.807) is 55.6 Å². The van der Waals surface area contributed by atoms with E-state index in [4.69, 9.17) is 4.42 Å². The average molecular weight is 429 g/mol. The van der Waals surface area contributed by atoms with Gasteiger partial charge in [0.2, 0.25) is 5.91 Å². The van der Waals surface area contributed by atoms with E-state index >= 15 is 0 Å². The summed E-state index contributed by atoms with van der Waals surface area (Å²) in [6.07, 6.45) is 1.42. The maximum atomic E-state index is 13.1. The number of aromatic hydroxyl groups is 1.